The summed E-state index contributed by atoms with van der Waals surface area (Å²) in [5, 5.41) is 9.01. The monoisotopic (exact) mass is 389 g/mol. The fourth-order valence-corrected chi connectivity index (χ4v) is 4.01. The summed E-state index contributed by atoms with van der Waals surface area (Å²) in [5.74, 6) is 0.197. The van der Waals surface area contributed by atoms with Gasteiger partial charge in [0.1, 0.15) is 0 Å². The molecule has 2 saturated heterocycles. The van der Waals surface area contributed by atoms with Crippen molar-refractivity contribution in [2.24, 2.45) is 5.92 Å². The summed E-state index contributed by atoms with van der Waals surface area (Å²) in [6.45, 7) is 5.82. The molecule has 1 aromatic rings. The highest BCUT2D eigenvalue weighted by Gasteiger charge is 2.25. The Balaban J connectivity index is 1.39. The molecule has 154 valence electrons. The van der Waals surface area contributed by atoms with E-state index in [1.54, 1.807) is 12.1 Å². The highest BCUT2D eigenvalue weighted by Crippen LogP contribution is 2.28. The van der Waals surface area contributed by atoms with Gasteiger partial charge in [0.05, 0.1) is 18.1 Å². The molecular formula is C22H31NO5. The van der Waals surface area contributed by atoms with Crippen molar-refractivity contribution in [3.05, 3.63) is 35.4 Å². The first-order valence-electron chi connectivity index (χ1n) is 10.3. The van der Waals surface area contributed by atoms with E-state index in [0.717, 1.165) is 57.6 Å². The van der Waals surface area contributed by atoms with Crippen LogP contribution in [0.15, 0.2) is 24.3 Å². The van der Waals surface area contributed by atoms with E-state index >= 15 is 0 Å². The Morgan fingerprint density at radius 1 is 1.14 bits per heavy atom. The average Bonchev–Trinajstić information content (AvgIpc) is 2.73. The zero-order chi connectivity index (χ0) is 19.9. The lowest BCUT2D eigenvalue weighted by Crippen LogP contribution is -2.39. The SMILES string of the molecule is CC(CC(=O)N1CCC(c2ccc(C(=O)O)cc2)CC1)OCC1CCOCC1. The van der Waals surface area contributed by atoms with Crippen molar-refractivity contribution in [1.29, 1.82) is 0 Å². The minimum Gasteiger partial charge on any atom is -0.478 e. The number of carbonyl (C=O) groups excluding carboxylic acids is 1. The highest BCUT2D eigenvalue weighted by molar-refractivity contribution is 5.87. The third-order valence-electron chi connectivity index (χ3n) is 5.90. The number of ether oxygens (including phenoxy) is 2. The number of aromatic carboxylic acids is 1. The molecule has 0 bridgehead atoms. The summed E-state index contributed by atoms with van der Waals surface area (Å²) < 4.78 is 11.3. The number of benzene rings is 1. The topological polar surface area (TPSA) is 76.1 Å². The quantitative estimate of drug-likeness (QED) is 0.774. The van der Waals surface area contributed by atoms with E-state index in [1.165, 1.54) is 0 Å². The van der Waals surface area contributed by atoms with E-state index in [0.29, 0.717) is 30.4 Å². The molecule has 1 unspecified atom stereocenters. The first-order valence-corrected chi connectivity index (χ1v) is 10.3. The number of piperidine rings is 1. The first kappa shape index (κ1) is 20.8. The summed E-state index contributed by atoms with van der Waals surface area (Å²) in [7, 11) is 0. The predicted molar refractivity (Wildman–Crippen MR) is 106 cm³/mol. The fourth-order valence-electron chi connectivity index (χ4n) is 4.01. The van der Waals surface area contributed by atoms with Crippen LogP contribution in [-0.2, 0) is 14.3 Å². The molecular weight excluding hydrogens is 358 g/mol. The standard InChI is InChI=1S/C22H31NO5/c1-16(28-15-17-8-12-27-13-9-17)14-21(24)23-10-6-19(7-11-23)18-2-4-20(5-3-18)22(25)26/h2-5,16-17,19H,6-15H2,1H3,(H,25,26). The fraction of sp³-hybridized carbons (Fsp3) is 0.636. The summed E-state index contributed by atoms with van der Waals surface area (Å²) in [4.78, 5) is 25.5. The largest absolute Gasteiger partial charge is 0.478 e. The molecule has 0 radical (unpaired) electrons. The maximum absolute atomic E-state index is 12.6. The van der Waals surface area contributed by atoms with Crippen molar-refractivity contribution in [3.8, 4) is 0 Å². The normalized spacial score (nSPS) is 20.1. The van der Waals surface area contributed by atoms with Crippen LogP contribution in [0, 0.1) is 5.92 Å². The second-order valence-electron chi connectivity index (χ2n) is 7.99. The van der Waals surface area contributed by atoms with Gasteiger partial charge >= 0.3 is 5.97 Å². The van der Waals surface area contributed by atoms with E-state index in [4.69, 9.17) is 14.6 Å². The van der Waals surface area contributed by atoms with Gasteiger partial charge in [-0.1, -0.05) is 12.1 Å². The molecule has 3 rings (SSSR count). The summed E-state index contributed by atoms with van der Waals surface area (Å²) in [6.07, 6.45) is 4.28. The molecule has 1 aromatic carbocycles. The zero-order valence-corrected chi connectivity index (χ0v) is 16.6. The van der Waals surface area contributed by atoms with Crippen LogP contribution in [0.1, 0.15) is 60.9 Å². The Labute approximate surface area is 166 Å². The summed E-state index contributed by atoms with van der Waals surface area (Å²) >= 11 is 0. The lowest BCUT2D eigenvalue weighted by atomic mass is 9.89. The third-order valence-corrected chi connectivity index (χ3v) is 5.90. The zero-order valence-electron chi connectivity index (χ0n) is 16.6. The molecule has 2 aliphatic heterocycles. The van der Waals surface area contributed by atoms with Gasteiger partial charge in [-0.2, -0.15) is 0 Å². The van der Waals surface area contributed by atoms with Gasteiger partial charge in [0.15, 0.2) is 0 Å². The third kappa shape index (κ3) is 5.79. The Morgan fingerprint density at radius 3 is 2.39 bits per heavy atom. The molecule has 6 nitrogen and oxygen atoms in total. The number of hydrogen-bond acceptors (Lipinski definition) is 4. The molecule has 1 N–H and O–H groups in total. The van der Waals surface area contributed by atoms with Crippen LogP contribution in [0.5, 0.6) is 0 Å². The van der Waals surface area contributed by atoms with E-state index in [-0.39, 0.29) is 12.0 Å². The lowest BCUT2D eigenvalue weighted by molar-refractivity contribution is -0.135. The number of likely N-dealkylation sites (tertiary alicyclic amines) is 1. The Hall–Kier alpha value is -1.92. The van der Waals surface area contributed by atoms with Crippen LogP contribution in [0.2, 0.25) is 0 Å². The second-order valence-corrected chi connectivity index (χ2v) is 7.99. The second kappa shape index (κ2) is 10.0. The van der Waals surface area contributed by atoms with Gasteiger partial charge in [-0.15, -0.1) is 0 Å². The molecule has 0 aliphatic carbocycles. The number of carbonyl (C=O) groups is 2. The number of rotatable bonds is 7. The molecule has 0 aromatic heterocycles. The van der Waals surface area contributed by atoms with E-state index in [2.05, 4.69) is 0 Å². The van der Waals surface area contributed by atoms with Gasteiger partial charge in [-0.3, -0.25) is 4.79 Å². The Morgan fingerprint density at radius 2 is 1.79 bits per heavy atom. The van der Waals surface area contributed by atoms with Crippen LogP contribution in [0.4, 0.5) is 0 Å². The molecule has 6 heteroatoms. The minimum atomic E-state index is -0.903. The molecule has 1 amide bonds. The number of nitrogens with zero attached hydrogens (tertiary/aromatic N) is 1. The van der Waals surface area contributed by atoms with Crippen LogP contribution >= 0.6 is 0 Å². The number of amides is 1. The molecule has 2 heterocycles. The number of carboxylic acids is 1. The van der Waals surface area contributed by atoms with Gasteiger partial charge in [0.2, 0.25) is 5.91 Å². The smallest absolute Gasteiger partial charge is 0.335 e. The van der Waals surface area contributed by atoms with E-state index in [1.807, 2.05) is 24.0 Å². The number of hydrogen-bond donors (Lipinski definition) is 1. The summed E-state index contributed by atoms with van der Waals surface area (Å²) in [6, 6.07) is 7.12. The van der Waals surface area contributed by atoms with Crippen LogP contribution in [0.25, 0.3) is 0 Å². The highest BCUT2D eigenvalue weighted by atomic mass is 16.5. The van der Waals surface area contributed by atoms with Crippen molar-refractivity contribution in [2.75, 3.05) is 32.9 Å². The molecule has 0 spiro atoms. The summed E-state index contributed by atoms with van der Waals surface area (Å²) in [5.41, 5.74) is 1.47. The van der Waals surface area contributed by atoms with Gasteiger partial charge in [0.25, 0.3) is 0 Å². The van der Waals surface area contributed by atoms with Crippen LogP contribution < -0.4 is 0 Å². The molecule has 1 atom stereocenters. The van der Waals surface area contributed by atoms with Gasteiger partial charge in [0, 0.05) is 32.9 Å². The van der Waals surface area contributed by atoms with Gasteiger partial charge < -0.3 is 19.5 Å². The minimum absolute atomic E-state index is 0.0587. The molecule has 28 heavy (non-hydrogen) atoms. The van der Waals surface area contributed by atoms with E-state index in [9.17, 15) is 9.59 Å². The van der Waals surface area contributed by atoms with Gasteiger partial charge in [-0.25, -0.2) is 4.79 Å². The van der Waals surface area contributed by atoms with Crippen molar-refractivity contribution in [3.63, 3.8) is 0 Å². The van der Waals surface area contributed by atoms with Crippen molar-refractivity contribution in [1.82, 2.24) is 4.90 Å². The average molecular weight is 389 g/mol. The molecule has 2 aliphatic rings. The van der Waals surface area contributed by atoms with Gasteiger partial charge in [-0.05, 0) is 62.1 Å². The molecule has 2 fully saturated rings. The Kier molecular flexibility index (Phi) is 7.45. The maximum atomic E-state index is 12.6. The predicted octanol–water partition coefficient (Wildman–Crippen LogP) is 3.31. The van der Waals surface area contributed by atoms with Crippen LogP contribution in [-0.4, -0.2) is 60.9 Å². The van der Waals surface area contributed by atoms with Crippen molar-refractivity contribution >= 4 is 11.9 Å². The molecule has 0 saturated carbocycles. The number of carboxylic acid groups (broad SMARTS) is 1. The lowest BCUT2D eigenvalue weighted by Gasteiger charge is -2.33. The van der Waals surface area contributed by atoms with Crippen molar-refractivity contribution < 1.29 is 24.2 Å². The van der Waals surface area contributed by atoms with Crippen molar-refractivity contribution in [2.45, 2.75) is 51.0 Å². The van der Waals surface area contributed by atoms with Crippen LogP contribution in [0.3, 0.4) is 0 Å². The first-order chi connectivity index (χ1) is 13.5. The maximum Gasteiger partial charge on any atom is 0.335 e. The van der Waals surface area contributed by atoms with E-state index < -0.39 is 5.97 Å². The Bertz CT molecular complexity index is 645.